The normalized spacial score (nSPS) is 13.3. The Hall–Kier alpha value is -0.870. The van der Waals surface area contributed by atoms with Gasteiger partial charge in [0, 0.05) is 12.0 Å². The second-order valence-corrected chi connectivity index (χ2v) is 13.6. The molecule has 1 N–H and O–H groups in total. The summed E-state index contributed by atoms with van der Waals surface area (Å²) in [7, 11) is 4.24. The number of carbonyl (C=O) groups is 1. The van der Waals surface area contributed by atoms with Gasteiger partial charge in [-0.3, -0.25) is 5.32 Å². The Morgan fingerprint density at radius 1 is 0.605 bits per heavy atom. The third kappa shape index (κ3) is 30.9. The van der Waals surface area contributed by atoms with Crippen LogP contribution >= 0.6 is 0 Å². The molecule has 0 amide bonds. The Morgan fingerprint density at radius 2 is 1.02 bits per heavy atom. The molecule has 43 heavy (non-hydrogen) atoms. The minimum Gasteiger partial charge on any atom is -0.443 e. The maximum Gasteiger partial charge on any atom is 0.331 e. The fourth-order valence-electron chi connectivity index (χ4n) is 6.04. The highest BCUT2D eigenvalue weighted by atomic mass is 16.6. The van der Waals surface area contributed by atoms with Crippen LogP contribution in [-0.4, -0.2) is 44.3 Å². The molecule has 0 saturated carbocycles. The first-order valence-electron chi connectivity index (χ1n) is 19.3. The van der Waals surface area contributed by atoms with Gasteiger partial charge in [0.1, 0.15) is 0 Å². The van der Waals surface area contributed by atoms with Gasteiger partial charge in [0.2, 0.25) is 0 Å². The third-order valence-electron chi connectivity index (χ3n) is 8.88. The highest BCUT2D eigenvalue weighted by Crippen LogP contribution is 2.23. The van der Waals surface area contributed by atoms with E-state index in [1.54, 1.807) is 6.08 Å². The number of esters is 1. The van der Waals surface area contributed by atoms with E-state index in [9.17, 15) is 4.79 Å². The summed E-state index contributed by atoms with van der Waals surface area (Å²) < 4.78 is 6.14. The quantitative estimate of drug-likeness (QED) is 0.0342. The van der Waals surface area contributed by atoms with Gasteiger partial charge in [-0.25, -0.2) is 4.79 Å². The van der Waals surface area contributed by atoms with Gasteiger partial charge >= 0.3 is 5.97 Å². The van der Waals surface area contributed by atoms with Crippen LogP contribution in [0.2, 0.25) is 0 Å². The Bertz CT molecular complexity index is 592. The average Bonchev–Trinajstić information content (AvgIpc) is 2.99. The first-order valence-corrected chi connectivity index (χ1v) is 19.3. The van der Waals surface area contributed by atoms with Crippen molar-refractivity contribution in [1.82, 2.24) is 10.2 Å². The predicted molar refractivity (Wildman–Crippen MR) is 191 cm³/mol. The zero-order valence-electron chi connectivity index (χ0n) is 30.1. The van der Waals surface area contributed by atoms with Gasteiger partial charge in [-0.05, 0) is 59.3 Å². The maximum atomic E-state index is 12.9. The van der Waals surface area contributed by atoms with Crippen LogP contribution in [0, 0.1) is 5.92 Å². The first-order chi connectivity index (χ1) is 21.0. The molecule has 0 radical (unpaired) electrons. The van der Waals surface area contributed by atoms with Crippen LogP contribution in [-0.2, 0) is 9.53 Å². The Labute approximate surface area is 271 Å². The molecule has 4 nitrogen and oxygen atoms in total. The molecule has 0 aliphatic carbocycles. The zero-order chi connectivity index (χ0) is 31.6. The van der Waals surface area contributed by atoms with E-state index in [1.807, 2.05) is 6.08 Å². The van der Waals surface area contributed by atoms with E-state index in [0.29, 0.717) is 5.92 Å². The summed E-state index contributed by atoms with van der Waals surface area (Å²) in [6.45, 7) is 8.78. The number of nitrogens with zero attached hydrogens (tertiary/aromatic N) is 1. The summed E-state index contributed by atoms with van der Waals surface area (Å²) in [5, 5.41) is 3.66. The van der Waals surface area contributed by atoms with Crippen LogP contribution in [0.1, 0.15) is 194 Å². The number of allylic oxidation sites excluding steroid dienone is 1. The lowest BCUT2D eigenvalue weighted by Gasteiger charge is -2.28. The number of unbranched alkanes of at least 4 members (excludes halogenated alkanes) is 21. The number of carbonyl (C=O) groups excluding carboxylic acids is 1. The summed E-state index contributed by atoms with van der Waals surface area (Å²) in [4.78, 5) is 15.1. The Kier molecular flexibility index (Phi) is 33.3. The van der Waals surface area contributed by atoms with Crippen molar-refractivity contribution in [3.8, 4) is 0 Å². The molecule has 0 bridgehead atoms. The minimum absolute atomic E-state index is 0.165. The van der Waals surface area contributed by atoms with E-state index in [0.717, 1.165) is 38.8 Å². The molecule has 0 aromatic rings. The lowest BCUT2D eigenvalue weighted by Crippen LogP contribution is -2.41. The van der Waals surface area contributed by atoms with Crippen LogP contribution in [0.3, 0.4) is 0 Å². The molecule has 0 fully saturated rings. The van der Waals surface area contributed by atoms with E-state index >= 15 is 0 Å². The van der Waals surface area contributed by atoms with Crippen molar-refractivity contribution in [2.75, 3.05) is 27.2 Å². The van der Waals surface area contributed by atoms with Crippen molar-refractivity contribution >= 4 is 5.97 Å². The van der Waals surface area contributed by atoms with Crippen LogP contribution < -0.4 is 5.32 Å². The van der Waals surface area contributed by atoms with E-state index in [4.69, 9.17) is 4.74 Å². The van der Waals surface area contributed by atoms with Gasteiger partial charge in [-0.2, -0.15) is 0 Å². The second kappa shape index (κ2) is 34.0. The largest absolute Gasteiger partial charge is 0.443 e. The highest BCUT2D eigenvalue weighted by molar-refractivity contribution is 5.82. The van der Waals surface area contributed by atoms with Crippen LogP contribution in [0.15, 0.2) is 12.2 Å². The van der Waals surface area contributed by atoms with Crippen molar-refractivity contribution in [3.63, 3.8) is 0 Å². The van der Waals surface area contributed by atoms with E-state index < -0.39 is 0 Å². The second-order valence-electron chi connectivity index (χ2n) is 13.6. The molecule has 4 heteroatoms. The summed E-state index contributed by atoms with van der Waals surface area (Å²) in [5.74, 6) is 0.238. The van der Waals surface area contributed by atoms with E-state index in [2.05, 4.69) is 45.1 Å². The molecule has 0 saturated heterocycles. The fourth-order valence-corrected chi connectivity index (χ4v) is 6.04. The molecule has 2 atom stereocenters. The summed E-state index contributed by atoms with van der Waals surface area (Å²) in [5.41, 5.74) is 0. The van der Waals surface area contributed by atoms with Gasteiger partial charge < -0.3 is 9.64 Å². The minimum atomic E-state index is -0.173. The standard InChI is InChI=1S/C39H78N2O2/c1-6-9-12-15-17-18-19-20-21-22-23-24-25-27-30-34-38(42)43-39(40-35-31-36-41(4)5)37(32-28-14-11-8-3)33-29-26-16-13-10-7-2/h30,34,37,39-40H,6-29,31-33,35-36H2,1-5H3/b34-30+. The van der Waals surface area contributed by atoms with Crippen molar-refractivity contribution in [2.45, 2.75) is 200 Å². The van der Waals surface area contributed by atoms with E-state index in [1.165, 1.54) is 148 Å². The molecule has 0 aliphatic rings. The average molecular weight is 607 g/mol. The monoisotopic (exact) mass is 607 g/mol. The van der Waals surface area contributed by atoms with Crippen molar-refractivity contribution in [3.05, 3.63) is 12.2 Å². The lowest BCUT2D eigenvalue weighted by molar-refractivity contribution is -0.148. The topological polar surface area (TPSA) is 41.6 Å². The summed E-state index contributed by atoms with van der Waals surface area (Å²) in [6.07, 6.45) is 38.7. The van der Waals surface area contributed by atoms with E-state index in [-0.39, 0.29) is 12.2 Å². The zero-order valence-corrected chi connectivity index (χ0v) is 30.1. The first kappa shape index (κ1) is 42.1. The maximum absolute atomic E-state index is 12.9. The van der Waals surface area contributed by atoms with Gasteiger partial charge in [-0.15, -0.1) is 0 Å². The van der Waals surface area contributed by atoms with Crippen molar-refractivity contribution in [1.29, 1.82) is 0 Å². The van der Waals surface area contributed by atoms with Crippen molar-refractivity contribution < 1.29 is 9.53 Å². The summed E-state index contributed by atoms with van der Waals surface area (Å²) in [6, 6.07) is 0. The van der Waals surface area contributed by atoms with Gasteiger partial charge in [0.15, 0.2) is 6.23 Å². The molecule has 0 aliphatic heterocycles. The van der Waals surface area contributed by atoms with Crippen LogP contribution in [0.5, 0.6) is 0 Å². The molecule has 2 unspecified atom stereocenters. The smallest absolute Gasteiger partial charge is 0.331 e. The molecule has 0 aromatic heterocycles. The third-order valence-corrected chi connectivity index (χ3v) is 8.88. The van der Waals surface area contributed by atoms with Crippen LogP contribution in [0.25, 0.3) is 0 Å². The molecule has 0 heterocycles. The molecule has 256 valence electrons. The van der Waals surface area contributed by atoms with Gasteiger partial charge in [-0.1, -0.05) is 168 Å². The number of hydrogen-bond donors (Lipinski definition) is 1. The van der Waals surface area contributed by atoms with Gasteiger partial charge in [0.25, 0.3) is 0 Å². The molecular formula is C39H78N2O2. The number of hydrogen-bond acceptors (Lipinski definition) is 4. The SMILES string of the molecule is CCCCCCCCCCCCCCC/C=C/C(=O)OC(NCCCN(C)C)C(CCCCCC)CCCCCCCC. The lowest BCUT2D eigenvalue weighted by atomic mass is 9.92. The number of rotatable bonds is 34. The Morgan fingerprint density at radius 3 is 1.49 bits per heavy atom. The molecular weight excluding hydrogens is 528 g/mol. The number of nitrogens with one attached hydrogen (secondary N) is 1. The Balaban J connectivity index is 4.52. The molecule has 0 spiro atoms. The number of ether oxygens (including phenoxy) is 1. The predicted octanol–water partition coefficient (Wildman–Crippen LogP) is 11.8. The van der Waals surface area contributed by atoms with Gasteiger partial charge in [0.05, 0.1) is 0 Å². The molecule has 0 aromatic carbocycles. The van der Waals surface area contributed by atoms with Crippen LogP contribution in [0.4, 0.5) is 0 Å². The highest BCUT2D eigenvalue weighted by Gasteiger charge is 2.23. The fraction of sp³-hybridized carbons (Fsp3) is 0.923. The summed E-state index contributed by atoms with van der Waals surface area (Å²) >= 11 is 0. The van der Waals surface area contributed by atoms with Crippen molar-refractivity contribution in [2.24, 2.45) is 5.92 Å². The molecule has 0 rings (SSSR count).